The highest BCUT2D eigenvalue weighted by Gasteiger charge is 2.36. The van der Waals surface area contributed by atoms with Gasteiger partial charge in [0.25, 0.3) is 5.91 Å². The minimum Gasteiger partial charge on any atom is -0.480 e. The number of carbonyl (C=O) groups is 2. The van der Waals surface area contributed by atoms with Crippen molar-refractivity contribution < 1.29 is 19.4 Å². The number of amides is 1. The van der Waals surface area contributed by atoms with E-state index in [9.17, 15) is 9.59 Å². The fraction of sp³-hybridized carbons (Fsp3) is 0.846. The van der Waals surface area contributed by atoms with Gasteiger partial charge in [-0.1, -0.05) is 12.8 Å². The zero-order valence-corrected chi connectivity index (χ0v) is 10.8. The second-order valence-corrected chi connectivity index (χ2v) is 5.31. The predicted molar refractivity (Wildman–Crippen MR) is 65.2 cm³/mol. The fourth-order valence-corrected chi connectivity index (χ4v) is 2.92. The van der Waals surface area contributed by atoms with Crippen LogP contribution in [0, 0.1) is 0 Å². The third-order valence-electron chi connectivity index (χ3n) is 3.86. The maximum atomic E-state index is 12.4. The van der Waals surface area contributed by atoms with Crippen molar-refractivity contribution in [3.63, 3.8) is 0 Å². The largest absolute Gasteiger partial charge is 0.480 e. The van der Waals surface area contributed by atoms with Gasteiger partial charge in [-0.25, -0.2) is 0 Å². The predicted octanol–water partition coefficient (Wildman–Crippen LogP) is 1.41. The Morgan fingerprint density at radius 1 is 1.22 bits per heavy atom. The number of hydrogen-bond acceptors (Lipinski definition) is 3. The Morgan fingerprint density at radius 2 is 1.89 bits per heavy atom. The van der Waals surface area contributed by atoms with E-state index in [1.165, 1.54) is 4.90 Å². The van der Waals surface area contributed by atoms with Gasteiger partial charge < -0.3 is 14.7 Å². The fourth-order valence-electron chi connectivity index (χ4n) is 2.92. The van der Waals surface area contributed by atoms with Crippen molar-refractivity contribution in [3.8, 4) is 0 Å². The summed E-state index contributed by atoms with van der Waals surface area (Å²) < 4.78 is 5.56. The van der Waals surface area contributed by atoms with Crippen molar-refractivity contribution in [2.45, 2.75) is 63.7 Å². The van der Waals surface area contributed by atoms with Crippen molar-refractivity contribution in [3.05, 3.63) is 0 Å². The Bertz CT molecular complexity index is 325. The van der Waals surface area contributed by atoms with Gasteiger partial charge in [-0.3, -0.25) is 9.59 Å². The summed E-state index contributed by atoms with van der Waals surface area (Å²) in [4.78, 5) is 24.8. The van der Waals surface area contributed by atoms with E-state index in [1.807, 2.05) is 6.92 Å². The second kappa shape index (κ2) is 5.69. The van der Waals surface area contributed by atoms with Crippen molar-refractivity contribution in [2.75, 3.05) is 6.54 Å². The average Bonchev–Trinajstić information content (AvgIpc) is 2.95. The molecule has 5 heteroatoms. The first-order valence-corrected chi connectivity index (χ1v) is 6.75. The summed E-state index contributed by atoms with van der Waals surface area (Å²) in [7, 11) is 0. The molecular weight excluding hydrogens is 234 g/mol. The van der Waals surface area contributed by atoms with E-state index in [1.54, 1.807) is 0 Å². The maximum Gasteiger partial charge on any atom is 0.323 e. The third kappa shape index (κ3) is 3.02. The highest BCUT2D eigenvalue weighted by atomic mass is 16.5. The zero-order valence-electron chi connectivity index (χ0n) is 10.8. The second-order valence-electron chi connectivity index (χ2n) is 5.31. The highest BCUT2D eigenvalue weighted by Crippen LogP contribution is 2.27. The topological polar surface area (TPSA) is 66.8 Å². The Labute approximate surface area is 107 Å². The summed E-state index contributed by atoms with van der Waals surface area (Å²) in [5.74, 6) is -1.07. The van der Waals surface area contributed by atoms with Crippen LogP contribution in [0.15, 0.2) is 0 Å². The summed E-state index contributed by atoms with van der Waals surface area (Å²) in [5.41, 5.74) is 0. The number of carboxylic acids is 1. The SMILES string of the molecule is CC1CCC(C(=O)N(CC(=O)O)C2CCCC2)O1. The standard InChI is InChI=1S/C13H21NO4/c1-9-6-7-11(18-9)13(17)14(8-12(15)16)10-4-2-3-5-10/h9-11H,2-8H2,1H3,(H,15,16). The molecule has 1 aliphatic heterocycles. The third-order valence-corrected chi connectivity index (χ3v) is 3.86. The van der Waals surface area contributed by atoms with Gasteiger partial charge in [-0.2, -0.15) is 0 Å². The lowest BCUT2D eigenvalue weighted by Crippen LogP contribution is -2.47. The van der Waals surface area contributed by atoms with Crippen LogP contribution >= 0.6 is 0 Å². The molecule has 0 radical (unpaired) electrons. The van der Waals surface area contributed by atoms with E-state index in [0.29, 0.717) is 6.42 Å². The molecule has 102 valence electrons. The highest BCUT2D eigenvalue weighted by molar-refractivity contribution is 5.85. The van der Waals surface area contributed by atoms with E-state index in [2.05, 4.69) is 0 Å². The molecule has 2 aliphatic rings. The number of carboxylic acid groups (broad SMARTS) is 1. The molecule has 1 saturated carbocycles. The first-order valence-electron chi connectivity index (χ1n) is 6.75. The number of rotatable bonds is 4. The first kappa shape index (κ1) is 13.3. The minimum absolute atomic E-state index is 0.0908. The molecule has 1 amide bonds. The smallest absolute Gasteiger partial charge is 0.323 e. The van der Waals surface area contributed by atoms with Crippen molar-refractivity contribution in [2.24, 2.45) is 0 Å². The number of aliphatic carboxylic acids is 1. The van der Waals surface area contributed by atoms with Crippen LogP contribution in [0.5, 0.6) is 0 Å². The summed E-state index contributed by atoms with van der Waals surface area (Å²) in [5, 5.41) is 8.95. The van der Waals surface area contributed by atoms with Crippen LogP contribution in [0.2, 0.25) is 0 Å². The van der Waals surface area contributed by atoms with Gasteiger partial charge in [-0.05, 0) is 32.6 Å². The molecular formula is C13H21NO4. The molecule has 2 fully saturated rings. The molecule has 18 heavy (non-hydrogen) atoms. The number of hydrogen-bond donors (Lipinski definition) is 1. The van der Waals surface area contributed by atoms with Gasteiger partial charge in [0, 0.05) is 6.04 Å². The molecule has 1 heterocycles. The molecule has 0 bridgehead atoms. The molecule has 2 atom stereocenters. The van der Waals surface area contributed by atoms with Crippen LogP contribution in [-0.2, 0) is 14.3 Å². The first-order chi connectivity index (χ1) is 8.58. The van der Waals surface area contributed by atoms with Gasteiger partial charge in [0.05, 0.1) is 6.10 Å². The van der Waals surface area contributed by atoms with Crippen molar-refractivity contribution >= 4 is 11.9 Å². The lowest BCUT2D eigenvalue weighted by atomic mass is 10.1. The van der Waals surface area contributed by atoms with Crippen LogP contribution in [0.4, 0.5) is 0 Å². The molecule has 1 aliphatic carbocycles. The lowest BCUT2D eigenvalue weighted by Gasteiger charge is -2.29. The summed E-state index contributed by atoms with van der Waals surface area (Å²) >= 11 is 0. The van der Waals surface area contributed by atoms with E-state index >= 15 is 0 Å². The van der Waals surface area contributed by atoms with E-state index in [-0.39, 0.29) is 24.6 Å². The summed E-state index contributed by atoms with van der Waals surface area (Å²) in [6.07, 6.45) is 5.26. The quantitative estimate of drug-likeness (QED) is 0.824. The number of nitrogens with zero attached hydrogens (tertiary/aromatic N) is 1. The van der Waals surface area contributed by atoms with Crippen LogP contribution < -0.4 is 0 Å². The Kier molecular flexibility index (Phi) is 4.22. The van der Waals surface area contributed by atoms with Crippen LogP contribution in [0.3, 0.4) is 0 Å². The van der Waals surface area contributed by atoms with Gasteiger partial charge in [0.1, 0.15) is 12.6 Å². The lowest BCUT2D eigenvalue weighted by molar-refractivity contribution is -0.152. The number of ether oxygens (including phenoxy) is 1. The average molecular weight is 255 g/mol. The van der Waals surface area contributed by atoms with Gasteiger partial charge in [0.15, 0.2) is 0 Å². The molecule has 5 nitrogen and oxygen atoms in total. The minimum atomic E-state index is -0.943. The Balaban J connectivity index is 2.02. The summed E-state index contributed by atoms with van der Waals surface area (Å²) in [6, 6.07) is 0.0908. The number of carbonyl (C=O) groups excluding carboxylic acids is 1. The molecule has 1 N–H and O–H groups in total. The van der Waals surface area contributed by atoms with Gasteiger partial charge in [-0.15, -0.1) is 0 Å². The molecule has 0 aromatic carbocycles. The van der Waals surface area contributed by atoms with Crippen molar-refractivity contribution in [1.29, 1.82) is 0 Å². The zero-order chi connectivity index (χ0) is 13.1. The van der Waals surface area contributed by atoms with Gasteiger partial charge in [0.2, 0.25) is 0 Å². The molecule has 0 spiro atoms. The van der Waals surface area contributed by atoms with E-state index in [4.69, 9.17) is 9.84 Å². The normalized spacial score (nSPS) is 28.5. The van der Waals surface area contributed by atoms with Crippen LogP contribution in [-0.4, -0.2) is 46.7 Å². The Morgan fingerprint density at radius 3 is 2.39 bits per heavy atom. The van der Waals surface area contributed by atoms with Crippen molar-refractivity contribution in [1.82, 2.24) is 4.90 Å². The monoisotopic (exact) mass is 255 g/mol. The Hall–Kier alpha value is -1.10. The van der Waals surface area contributed by atoms with Gasteiger partial charge >= 0.3 is 5.97 Å². The van der Waals surface area contributed by atoms with Crippen LogP contribution in [0.1, 0.15) is 45.4 Å². The van der Waals surface area contributed by atoms with E-state index < -0.39 is 12.1 Å². The molecule has 2 rings (SSSR count). The molecule has 0 aromatic heterocycles. The molecule has 1 saturated heterocycles. The summed E-state index contributed by atoms with van der Waals surface area (Å²) in [6.45, 7) is 1.75. The molecule has 2 unspecified atom stereocenters. The maximum absolute atomic E-state index is 12.4. The molecule has 0 aromatic rings. The van der Waals surface area contributed by atoms with E-state index in [0.717, 1.165) is 32.1 Å². The van der Waals surface area contributed by atoms with Crippen LogP contribution in [0.25, 0.3) is 0 Å².